The summed E-state index contributed by atoms with van der Waals surface area (Å²) in [6, 6.07) is 5.74. The molecule has 0 amide bonds. The van der Waals surface area contributed by atoms with Crippen molar-refractivity contribution in [1.29, 1.82) is 10.5 Å². The highest BCUT2D eigenvalue weighted by atomic mass is 15.1. The molecule has 1 heterocycles. The molecular weight excluding hydrogens is 200 g/mol. The molecule has 1 aromatic rings. The summed E-state index contributed by atoms with van der Waals surface area (Å²) in [4.78, 5) is 6.09. The largest absolute Gasteiger partial charge is 0.370 e. The minimum absolute atomic E-state index is 0.296. The molecule has 0 unspecified atom stereocenters. The van der Waals surface area contributed by atoms with Crippen LogP contribution in [-0.2, 0) is 0 Å². The molecule has 1 aromatic heterocycles. The van der Waals surface area contributed by atoms with Gasteiger partial charge in [-0.15, -0.1) is 0 Å². The second kappa shape index (κ2) is 5.14. The van der Waals surface area contributed by atoms with Crippen LogP contribution in [0.25, 0.3) is 0 Å². The van der Waals surface area contributed by atoms with Crippen LogP contribution < -0.4 is 4.90 Å². The van der Waals surface area contributed by atoms with Crippen molar-refractivity contribution in [2.45, 2.75) is 20.8 Å². The molecule has 4 heteroatoms. The van der Waals surface area contributed by atoms with Crippen LogP contribution in [0.3, 0.4) is 0 Å². The van der Waals surface area contributed by atoms with Crippen molar-refractivity contribution < 1.29 is 0 Å². The van der Waals surface area contributed by atoms with E-state index in [2.05, 4.69) is 16.0 Å². The van der Waals surface area contributed by atoms with Gasteiger partial charge in [-0.3, -0.25) is 0 Å². The van der Waals surface area contributed by atoms with E-state index < -0.39 is 0 Å². The highest BCUT2D eigenvalue weighted by Gasteiger charge is 2.14. The van der Waals surface area contributed by atoms with Crippen molar-refractivity contribution in [1.82, 2.24) is 4.98 Å². The molecule has 0 aliphatic rings. The van der Waals surface area contributed by atoms with Crippen molar-refractivity contribution in [2.24, 2.45) is 0 Å². The van der Waals surface area contributed by atoms with E-state index in [9.17, 15) is 0 Å². The average Bonchev–Trinajstić information content (AvgIpc) is 2.31. The summed E-state index contributed by atoms with van der Waals surface area (Å²) in [5.41, 5.74) is 2.39. The molecule has 0 fully saturated rings. The summed E-state index contributed by atoms with van der Waals surface area (Å²) >= 11 is 0. The first-order chi connectivity index (χ1) is 7.67. The molecule has 0 aromatic carbocycles. The third-order valence-electron chi connectivity index (χ3n) is 2.48. The zero-order valence-corrected chi connectivity index (χ0v) is 9.78. The Balaban J connectivity index is 3.40. The zero-order valence-electron chi connectivity index (χ0n) is 9.78. The number of hydrogen-bond donors (Lipinski definition) is 0. The molecule has 16 heavy (non-hydrogen) atoms. The van der Waals surface area contributed by atoms with Gasteiger partial charge in [0.25, 0.3) is 0 Å². The highest BCUT2D eigenvalue weighted by molar-refractivity contribution is 5.62. The number of aryl methyl sites for hydroxylation is 1. The standard InChI is InChI=1S/C12H14N4/c1-4-16(5-2)12-9(3)6-10(7-13)15-11(12)8-14/h6H,4-5H2,1-3H3. The Bertz CT molecular complexity index is 461. The quantitative estimate of drug-likeness (QED) is 0.771. The van der Waals surface area contributed by atoms with Crippen LogP contribution in [-0.4, -0.2) is 18.1 Å². The summed E-state index contributed by atoms with van der Waals surface area (Å²) in [5, 5.41) is 17.8. The lowest BCUT2D eigenvalue weighted by Crippen LogP contribution is -2.24. The van der Waals surface area contributed by atoms with Crippen LogP contribution in [0.1, 0.15) is 30.8 Å². The highest BCUT2D eigenvalue weighted by Crippen LogP contribution is 2.23. The van der Waals surface area contributed by atoms with Crippen molar-refractivity contribution >= 4 is 5.69 Å². The Morgan fingerprint density at radius 3 is 2.31 bits per heavy atom. The number of nitrogens with zero attached hydrogens (tertiary/aromatic N) is 4. The first kappa shape index (κ1) is 12.0. The zero-order chi connectivity index (χ0) is 12.1. The van der Waals surface area contributed by atoms with Crippen LogP contribution in [0.2, 0.25) is 0 Å². The van der Waals surface area contributed by atoms with Crippen LogP contribution >= 0.6 is 0 Å². The normalized spacial score (nSPS) is 9.31. The van der Waals surface area contributed by atoms with Crippen LogP contribution in [0.15, 0.2) is 6.07 Å². The molecule has 0 spiro atoms. The van der Waals surface area contributed by atoms with E-state index in [0.717, 1.165) is 24.3 Å². The first-order valence-corrected chi connectivity index (χ1v) is 5.24. The summed E-state index contributed by atoms with van der Waals surface area (Å²) in [5.74, 6) is 0. The maximum Gasteiger partial charge on any atom is 0.165 e. The van der Waals surface area contributed by atoms with Gasteiger partial charge in [0.15, 0.2) is 5.69 Å². The SMILES string of the molecule is CCN(CC)c1c(C)cc(C#N)nc1C#N. The van der Waals surface area contributed by atoms with Gasteiger partial charge in [0.1, 0.15) is 17.8 Å². The fraction of sp³-hybridized carbons (Fsp3) is 0.417. The average molecular weight is 214 g/mol. The van der Waals surface area contributed by atoms with E-state index in [-0.39, 0.29) is 0 Å². The molecule has 82 valence electrons. The molecule has 0 N–H and O–H groups in total. The van der Waals surface area contributed by atoms with Gasteiger partial charge in [-0.05, 0) is 32.4 Å². The molecule has 0 saturated carbocycles. The van der Waals surface area contributed by atoms with Gasteiger partial charge < -0.3 is 4.90 Å². The number of hydrogen-bond acceptors (Lipinski definition) is 4. The van der Waals surface area contributed by atoms with E-state index in [1.54, 1.807) is 6.07 Å². The van der Waals surface area contributed by atoms with Gasteiger partial charge in [0, 0.05) is 13.1 Å². The first-order valence-electron chi connectivity index (χ1n) is 5.24. The van der Waals surface area contributed by atoms with Gasteiger partial charge in [-0.1, -0.05) is 0 Å². The molecule has 1 rings (SSSR count). The minimum Gasteiger partial charge on any atom is -0.370 e. The van der Waals surface area contributed by atoms with Gasteiger partial charge in [0.05, 0.1) is 5.69 Å². The summed E-state index contributed by atoms with van der Waals surface area (Å²) in [6.07, 6.45) is 0. The molecule has 0 saturated heterocycles. The Hall–Kier alpha value is -2.07. The van der Waals surface area contributed by atoms with Gasteiger partial charge >= 0.3 is 0 Å². The second-order valence-corrected chi connectivity index (χ2v) is 3.42. The third-order valence-corrected chi connectivity index (χ3v) is 2.48. The van der Waals surface area contributed by atoms with Gasteiger partial charge in [0.2, 0.25) is 0 Å². The molecule has 0 atom stereocenters. The van der Waals surface area contributed by atoms with Gasteiger partial charge in [-0.2, -0.15) is 10.5 Å². The van der Waals surface area contributed by atoms with E-state index >= 15 is 0 Å². The lowest BCUT2D eigenvalue weighted by atomic mass is 10.1. The summed E-state index contributed by atoms with van der Waals surface area (Å²) in [7, 11) is 0. The van der Waals surface area contributed by atoms with Gasteiger partial charge in [-0.25, -0.2) is 4.98 Å². The number of rotatable bonds is 3. The van der Waals surface area contributed by atoms with E-state index in [1.165, 1.54) is 0 Å². The van der Waals surface area contributed by atoms with E-state index in [0.29, 0.717) is 11.4 Å². The number of pyridine rings is 1. The van der Waals surface area contributed by atoms with Crippen molar-refractivity contribution in [3.8, 4) is 12.1 Å². The molecular formula is C12H14N4. The third kappa shape index (κ3) is 2.12. The van der Waals surface area contributed by atoms with E-state index in [1.807, 2.05) is 26.8 Å². The lowest BCUT2D eigenvalue weighted by molar-refractivity contribution is 0.854. The maximum absolute atomic E-state index is 9.05. The lowest BCUT2D eigenvalue weighted by Gasteiger charge is -2.23. The predicted octanol–water partition coefficient (Wildman–Crippen LogP) is 1.98. The smallest absolute Gasteiger partial charge is 0.165 e. The maximum atomic E-state index is 9.05. The Morgan fingerprint density at radius 2 is 1.88 bits per heavy atom. The fourth-order valence-corrected chi connectivity index (χ4v) is 1.74. The number of nitriles is 2. The molecule has 4 nitrogen and oxygen atoms in total. The van der Waals surface area contributed by atoms with Crippen LogP contribution in [0.5, 0.6) is 0 Å². The van der Waals surface area contributed by atoms with Crippen LogP contribution in [0, 0.1) is 29.6 Å². The number of aromatic nitrogens is 1. The Kier molecular flexibility index (Phi) is 3.85. The monoisotopic (exact) mass is 214 g/mol. The fourth-order valence-electron chi connectivity index (χ4n) is 1.74. The molecule has 0 radical (unpaired) electrons. The second-order valence-electron chi connectivity index (χ2n) is 3.42. The van der Waals surface area contributed by atoms with Crippen LogP contribution in [0.4, 0.5) is 5.69 Å². The minimum atomic E-state index is 0.296. The summed E-state index contributed by atoms with van der Waals surface area (Å²) < 4.78 is 0. The predicted molar refractivity (Wildman–Crippen MR) is 62.0 cm³/mol. The molecule has 0 aliphatic carbocycles. The van der Waals surface area contributed by atoms with Crippen molar-refractivity contribution in [3.63, 3.8) is 0 Å². The molecule has 0 aliphatic heterocycles. The Morgan fingerprint density at radius 1 is 1.25 bits per heavy atom. The van der Waals surface area contributed by atoms with E-state index in [4.69, 9.17) is 10.5 Å². The number of anilines is 1. The van der Waals surface area contributed by atoms with Crippen molar-refractivity contribution in [3.05, 3.63) is 23.0 Å². The molecule has 0 bridgehead atoms. The van der Waals surface area contributed by atoms with Crippen molar-refractivity contribution in [2.75, 3.05) is 18.0 Å². The Labute approximate surface area is 95.8 Å². The summed E-state index contributed by atoms with van der Waals surface area (Å²) in [6.45, 7) is 7.60. The topological polar surface area (TPSA) is 63.7 Å².